The number of fused-ring (bicyclic) bond motifs is 1. The van der Waals surface area contributed by atoms with Crippen LogP contribution in [0.5, 0.6) is 5.75 Å². The monoisotopic (exact) mass is 351 g/mol. The number of aliphatic hydroxyl groups excluding tert-OH is 1. The van der Waals surface area contributed by atoms with Crippen LogP contribution in [-0.2, 0) is 0 Å². The number of para-hydroxylation sites is 1. The molecule has 3 rings (SSSR count). The molecule has 2 aromatic carbocycles. The summed E-state index contributed by atoms with van der Waals surface area (Å²) in [5.41, 5.74) is 2.39. The predicted octanol–water partition coefficient (Wildman–Crippen LogP) is 3.21. The molecule has 1 aliphatic heterocycles. The van der Waals surface area contributed by atoms with Gasteiger partial charge in [0.25, 0.3) is 0 Å². The minimum absolute atomic E-state index is 0.0211. The normalized spacial score (nSPS) is 13.9. The number of nitrogens with one attached hydrogen (secondary N) is 1. The van der Waals surface area contributed by atoms with Crippen LogP contribution in [0, 0.1) is 0 Å². The third kappa shape index (κ3) is 4.21. The van der Waals surface area contributed by atoms with Crippen molar-refractivity contribution >= 4 is 17.2 Å². The van der Waals surface area contributed by atoms with E-state index >= 15 is 0 Å². The van der Waals surface area contributed by atoms with Crippen LogP contribution < -0.4 is 15.0 Å². The Morgan fingerprint density at radius 3 is 2.52 bits per heavy atom. The number of halogens is 3. The van der Waals surface area contributed by atoms with Gasteiger partial charge in [0.05, 0.1) is 6.61 Å². The van der Waals surface area contributed by atoms with Gasteiger partial charge in [0.2, 0.25) is 0 Å². The number of ether oxygens (including phenoxy) is 1. The van der Waals surface area contributed by atoms with Gasteiger partial charge in [-0.2, -0.15) is 0 Å². The molecule has 0 atom stereocenters. The van der Waals surface area contributed by atoms with Crippen molar-refractivity contribution in [1.82, 2.24) is 0 Å². The molecular formula is C17H16F3N3O2. The first-order valence-electron chi connectivity index (χ1n) is 7.59. The Balaban J connectivity index is 1.77. The van der Waals surface area contributed by atoms with Crippen LogP contribution in [0.25, 0.3) is 0 Å². The number of anilines is 2. The Morgan fingerprint density at radius 2 is 1.84 bits per heavy atom. The maximum absolute atomic E-state index is 12.2. The molecule has 25 heavy (non-hydrogen) atoms. The molecule has 1 heterocycles. The van der Waals surface area contributed by atoms with Crippen LogP contribution in [0.2, 0.25) is 0 Å². The van der Waals surface area contributed by atoms with E-state index in [1.807, 2.05) is 29.2 Å². The number of nitrogens with zero attached hydrogens (tertiary/aromatic N) is 2. The number of aliphatic imine (C=N–C) groups is 1. The van der Waals surface area contributed by atoms with E-state index in [4.69, 9.17) is 5.11 Å². The highest BCUT2D eigenvalue weighted by Gasteiger charge is 2.31. The molecule has 132 valence electrons. The van der Waals surface area contributed by atoms with Crippen LogP contribution in [0.15, 0.2) is 53.5 Å². The quantitative estimate of drug-likeness (QED) is 0.888. The Hall–Kier alpha value is -2.74. The zero-order valence-electron chi connectivity index (χ0n) is 13.1. The number of hydrogen-bond acceptors (Lipinski definition) is 5. The standard InChI is InChI=1S/C17H16F3N3O2/c18-17(19,20)25-13-7-5-12(6-8-13)22-16-14-3-1-2-4-15(14)23(9-10-24)11-21-16/h1-8,24H,9-11H2,(H,21,22). The highest BCUT2D eigenvalue weighted by atomic mass is 19.4. The van der Waals surface area contributed by atoms with Gasteiger partial charge in [0.15, 0.2) is 0 Å². The van der Waals surface area contributed by atoms with Gasteiger partial charge in [-0.05, 0) is 36.4 Å². The van der Waals surface area contributed by atoms with E-state index in [1.54, 1.807) is 0 Å². The molecule has 0 saturated carbocycles. The number of β-amino-alcohol motifs (C(OH)–C–C–N with tert-alkyl or cyclic N) is 1. The third-order valence-electron chi connectivity index (χ3n) is 3.62. The number of amidine groups is 1. The highest BCUT2D eigenvalue weighted by Crippen LogP contribution is 2.27. The predicted molar refractivity (Wildman–Crippen MR) is 89.0 cm³/mol. The summed E-state index contributed by atoms with van der Waals surface area (Å²) < 4.78 is 40.5. The molecule has 0 aliphatic carbocycles. The largest absolute Gasteiger partial charge is 0.573 e. The SMILES string of the molecule is OCCN1CN=C(Nc2ccc(OC(F)(F)F)cc2)c2ccccc21. The van der Waals surface area contributed by atoms with Crippen LogP contribution in [0.3, 0.4) is 0 Å². The second-order valence-corrected chi connectivity index (χ2v) is 5.35. The highest BCUT2D eigenvalue weighted by molar-refractivity contribution is 6.12. The van der Waals surface area contributed by atoms with Crippen molar-refractivity contribution in [2.24, 2.45) is 4.99 Å². The van der Waals surface area contributed by atoms with E-state index < -0.39 is 6.36 Å². The molecule has 0 bridgehead atoms. The van der Waals surface area contributed by atoms with Crippen LogP contribution in [0.4, 0.5) is 24.5 Å². The summed E-state index contributed by atoms with van der Waals surface area (Å²) in [6.07, 6.45) is -4.71. The van der Waals surface area contributed by atoms with Crippen LogP contribution in [-0.4, -0.2) is 37.1 Å². The third-order valence-corrected chi connectivity index (χ3v) is 3.62. The van der Waals surface area contributed by atoms with Gasteiger partial charge in [-0.15, -0.1) is 13.2 Å². The fourth-order valence-electron chi connectivity index (χ4n) is 2.56. The molecule has 0 amide bonds. The number of benzene rings is 2. The minimum Gasteiger partial charge on any atom is -0.406 e. The molecule has 2 N–H and O–H groups in total. The number of hydrogen-bond donors (Lipinski definition) is 2. The van der Waals surface area contributed by atoms with Crippen LogP contribution >= 0.6 is 0 Å². The van der Waals surface area contributed by atoms with Gasteiger partial charge in [0.1, 0.15) is 18.3 Å². The summed E-state index contributed by atoms with van der Waals surface area (Å²) in [4.78, 5) is 6.40. The zero-order valence-corrected chi connectivity index (χ0v) is 13.1. The van der Waals surface area contributed by atoms with Gasteiger partial charge in [-0.3, -0.25) is 0 Å². The molecule has 0 spiro atoms. The van der Waals surface area contributed by atoms with E-state index in [2.05, 4.69) is 15.0 Å². The Morgan fingerprint density at radius 1 is 1.12 bits per heavy atom. The van der Waals surface area contributed by atoms with E-state index in [0.29, 0.717) is 24.7 Å². The number of aliphatic hydroxyl groups is 1. The fraction of sp³-hybridized carbons (Fsp3) is 0.235. The molecule has 0 fully saturated rings. The van der Waals surface area contributed by atoms with Crippen molar-refractivity contribution in [2.75, 3.05) is 30.0 Å². The molecule has 2 aromatic rings. The maximum Gasteiger partial charge on any atom is 0.573 e. The number of rotatable bonds is 4. The molecule has 0 saturated heterocycles. The first-order chi connectivity index (χ1) is 12.0. The molecule has 0 aromatic heterocycles. The first kappa shape index (κ1) is 17.1. The molecule has 0 radical (unpaired) electrons. The van der Waals surface area contributed by atoms with Gasteiger partial charge >= 0.3 is 6.36 Å². The average molecular weight is 351 g/mol. The van der Waals surface area contributed by atoms with Gasteiger partial charge in [-0.1, -0.05) is 12.1 Å². The second kappa shape index (κ2) is 7.02. The summed E-state index contributed by atoms with van der Waals surface area (Å²) >= 11 is 0. The van der Waals surface area contributed by atoms with Crippen molar-refractivity contribution in [3.8, 4) is 5.75 Å². The average Bonchev–Trinajstić information content (AvgIpc) is 2.58. The fourth-order valence-corrected chi connectivity index (χ4v) is 2.56. The van der Waals surface area contributed by atoms with Crippen molar-refractivity contribution < 1.29 is 23.0 Å². The first-order valence-corrected chi connectivity index (χ1v) is 7.59. The zero-order chi connectivity index (χ0) is 17.9. The van der Waals surface area contributed by atoms with Gasteiger partial charge in [0, 0.05) is 23.5 Å². The maximum atomic E-state index is 12.2. The lowest BCUT2D eigenvalue weighted by molar-refractivity contribution is -0.274. The lowest BCUT2D eigenvalue weighted by Gasteiger charge is -2.29. The summed E-state index contributed by atoms with van der Waals surface area (Å²) in [5.74, 6) is 0.340. The Labute approximate surface area is 142 Å². The summed E-state index contributed by atoms with van der Waals surface area (Å²) in [6.45, 7) is 0.875. The smallest absolute Gasteiger partial charge is 0.406 e. The van der Waals surface area contributed by atoms with Gasteiger partial charge < -0.3 is 20.1 Å². The topological polar surface area (TPSA) is 57.1 Å². The van der Waals surface area contributed by atoms with E-state index in [0.717, 1.165) is 11.3 Å². The minimum atomic E-state index is -4.71. The lowest BCUT2D eigenvalue weighted by atomic mass is 10.1. The summed E-state index contributed by atoms with van der Waals surface area (Å²) in [6, 6.07) is 13.1. The van der Waals surface area contributed by atoms with Crippen molar-refractivity contribution in [3.05, 3.63) is 54.1 Å². The van der Waals surface area contributed by atoms with Crippen LogP contribution in [0.1, 0.15) is 5.56 Å². The molecular weight excluding hydrogens is 335 g/mol. The Bertz CT molecular complexity index is 760. The van der Waals surface area contributed by atoms with E-state index in [-0.39, 0.29) is 12.4 Å². The molecule has 5 nitrogen and oxygen atoms in total. The molecule has 1 aliphatic rings. The lowest BCUT2D eigenvalue weighted by Crippen LogP contribution is -2.34. The summed E-state index contributed by atoms with van der Waals surface area (Å²) in [7, 11) is 0. The van der Waals surface area contributed by atoms with Crippen molar-refractivity contribution in [2.45, 2.75) is 6.36 Å². The van der Waals surface area contributed by atoms with Crippen molar-refractivity contribution in [3.63, 3.8) is 0 Å². The van der Waals surface area contributed by atoms with E-state index in [1.165, 1.54) is 24.3 Å². The van der Waals surface area contributed by atoms with E-state index in [9.17, 15) is 13.2 Å². The number of alkyl halides is 3. The molecule has 0 unspecified atom stereocenters. The Kier molecular flexibility index (Phi) is 4.80. The van der Waals surface area contributed by atoms with Crippen molar-refractivity contribution in [1.29, 1.82) is 0 Å². The summed E-state index contributed by atoms with van der Waals surface area (Å²) in [5, 5.41) is 12.3. The molecule has 8 heteroatoms. The second-order valence-electron chi connectivity index (χ2n) is 5.35. The van der Waals surface area contributed by atoms with Gasteiger partial charge in [-0.25, -0.2) is 4.99 Å².